The summed E-state index contributed by atoms with van der Waals surface area (Å²) in [5.41, 5.74) is 1.14. The van der Waals surface area contributed by atoms with Crippen LogP contribution in [-0.2, 0) is 9.59 Å². The predicted octanol–water partition coefficient (Wildman–Crippen LogP) is 2.81. The number of amides is 2. The first kappa shape index (κ1) is 19.4. The number of carboxylic acids is 1. The van der Waals surface area contributed by atoms with E-state index in [0.29, 0.717) is 11.1 Å². The van der Waals surface area contributed by atoms with Crippen LogP contribution in [0.1, 0.15) is 22.3 Å². The largest absolute Gasteiger partial charge is 0.481 e. The molecule has 0 aromatic heterocycles. The molecule has 0 unspecified atom stereocenters. The summed E-state index contributed by atoms with van der Waals surface area (Å²) in [4.78, 5) is 35.3. The van der Waals surface area contributed by atoms with Crippen molar-refractivity contribution >= 4 is 39.8 Å². The summed E-state index contributed by atoms with van der Waals surface area (Å²) in [6.07, 6.45) is 1.32. The van der Waals surface area contributed by atoms with E-state index < -0.39 is 17.8 Å². The fourth-order valence-electron chi connectivity index (χ4n) is 2.08. The number of hydrogen-bond acceptors (Lipinski definition) is 3. The van der Waals surface area contributed by atoms with Crippen molar-refractivity contribution in [3.8, 4) is 0 Å². The standard InChI is InChI=1S/C19H17BrN2O4/c20-15-8-4-5-13(11-15)12-16(19(26)21-10-9-17(23)24)22-18(25)14-6-2-1-3-7-14/h1-8,11-12H,9-10H2,(H,21,26)(H,22,25)(H,23,24)/b16-12+. The minimum atomic E-state index is -1.02. The van der Waals surface area contributed by atoms with Crippen molar-refractivity contribution in [3.63, 3.8) is 0 Å². The van der Waals surface area contributed by atoms with Crippen molar-refractivity contribution in [1.29, 1.82) is 0 Å². The molecule has 2 aromatic rings. The van der Waals surface area contributed by atoms with Crippen molar-refractivity contribution in [3.05, 3.63) is 75.9 Å². The van der Waals surface area contributed by atoms with Gasteiger partial charge in [-0.15, -0.1) is 0 Å². The average molecular weight is 417 g/mol. The maximum atomic E-state index is 12.4. The first-order valence-corrected chi connectivity index (χ1v) is 8.58. The van der Waals surface area contributed by atoms with E-state index in [9.17, 15) is 14.4 Å². The van der Waals surface area contributed by atoms with Gasteiger partial charge in [-0.05, 0) is 35.9 Å². The average Bonchev–Trinajstić information content (AvgIpc) is 2.61. The van der Waals surface area contributed by atoms with Gasteiger partial charge in [-0.1, -0.05) is 46.3 Å². The molecule has 0 saturated heterocycles. The lowest BCUT2D eigenvalue weighted by molar-refractivity contribution is -0.136. The molecule has 0 spiro atoms. The third-order valence-corrected chi connectivity index (χ3v) is 3.81. The Kier molecular flexibility index (Phi) is 7.11. The van der Waals surface area contributed by atoms with E-state index in [1.807, 2.05) is 6.07 Å². The zero-order chi connectivity index (χ0) is 18.9. The molecule has 0 heterocycles. The van der Waals surface area contributed by atoms with Crippen molar-refractivity contribution < 1.29 is 19.5 Å². The monoisotopic (exact) mass is 416 g/mol. The van der Waals surface area contributed by atoms with Crippen molar-refractivity contribution in [2.75, 3.05) is 6.54 Å². The summed E-state index contributed by atoms with van der Waals surface area (Å²) < 4.78 is 0.825. The van der Waals surface area contributed by atoms with Crippen LogP contribution in [0.15, 0.2) is 64.8 Å². The van der Waals surface area contributed by atoms with Gasteiger partial charge in [0, 0.05) is 16.6 Å². The van der Waals surface area contributed by atoms with Crippen molar-refractivity contribution in [1.82, 2.24) is 10.6 Å². The molecule has 2 aromatic carbocycles. The Balaban J connectivity index is 2.21. The second-order valence-electron chi connectivity index (χ2n) is 5.33. The molecule has 134 valence electrons. The SMILES string of the molecule is O=C(O)CCNC(=O)/C(=C\c1cccc(Br)c1)NC(=O)c1ccccc1. The molecule has 0 bridgehead atoms. The molecule has 3 N–H and O–H groups in total. The summed E-state index contributed by atoms with van der Waals surface area (Å²) in [7, 11) is 0. The lowest BCUT2D eigenvalue weighted by atomic mass is 10.1. The topological polar surface area (TPSA) is 95.5 Å². The van der Waals surface area contributed by atoms with Crippen LogP contribution in [0, 0.1) is 0 Å². The molecule has 0 aliphatic carbocycles. The molecule has 0 aliphatic rings. The summed E-state index contributed by atoms with van der Waals surface area (Å²) in [5.74, 6) is -2.01. The quantitative estimate of drug-likeness (QED) is 0.604. The lowest BCUT2D eigenvalue weighted by Gasteiger charge is -2.11. The summed E-state index contributed by atoms with van der Waals surface area (Å²) in [6, 6.07) is 15.7. The number of carbonyl (C=O) groups excluding carboxylic acids is 2. The number of nitrogens with one attached hydrogen (secondary N) is 2. The van der Waals surface area contributed by atoms with E-state index in [1.54, 1.807) is 48.5 Å². The van der Waals surface area contributed by atoms with Gasteiger partial charge in [0.2, 0.25) is 0 Å². The molecule has 2 rings (SSSR count). The number of halogens is 1. The first-order chi connectivity index (χ1) is 12.5. The van der Waals surface area contributed by atoms with Gasteiger partial charge in [0.05, 0.1) is 6.42 Å². The van der Waals surface area contributed by atoms with E-state index in [1.165, 1.54) is 6.08 Å². The van der Waals surface area contributed by atoms with Gasteiger partial charge in [-0.2, -0.15) is 0 Å². The van der Waals surface area contributed by atoms with Gasteiger partial charge in [-0.3, -0.25) is 14.4 Å². The number of benzene rings is 2. The number of carboxylic acid groups (broad SMARTS) is 1. The molecular formula is C19H17BrN2O4. The number of aliphatic carboxylic acids is 1. The summed E-state index contributed by atoms with van der Waals surface area (Å²) >= 11 is 3.35. The van der Waals surface area contributed by atoms with E-state index in [4.69, 9.17) is 5.11 Å². The van der Waals surface area contributed by atoms with Crippen LogP contribution in [0.2, 0.25) is 0 Å². The Morgan fingerprint density at radius 3 is 2.42 bits per heavy atom. The number of carbonyl (C=O) groups is 3. The maximum absolute atomic E-state index is 12.4. The first-order valence-electron chi connectivity index (χ1n) is 7.79. The second kappa shape index (κ2) is 9.53. The summed E-state index contributed by atoms with van der Waals surface area (Å²) in [5, 5.41) is 13.8. The van der Waals surface area contributed by atoms with Crippen LogP contribution in [-0.4, -0.2) is 29.4 Å². The molecule has 0 aliphatic heterocycles. The highest BCUT2D eigenvalue weighted by atomic mass is 79.9. The molecule has 0 saturated carbocycles. The Hall–Kier alpha value is -2.93. The fraction of sp³-hybridized carbons (Fsp3) is 0.105. The van der Waals surface area contributed by atoms with E-state index in [-0.39, 0.29) is 18.7 Å². The Labute approximate surface area is 159 Å². The Bertz CT molecular complexity index is 834. The van der Waals surface area contributed by atoms with E-state index in [0.717, 1.165) is 4.47 Å². The highest BCUT2D eigenvalue weighted by Gasteiger charge is 2.14. The van der Waals surface area contributed by atoms with Gasteiger partial charge in [0.25, 0.3) is 11.8 Å². The maximum Gasteiger partial charge on any atom is 0.305 e. The van der Waals surface area contributed by atoms with Crippen LogP contribution in [0.4, 0.5) is 0 Å². The Morgan fingerprint density at radius 2 is 1.77 bits per heavy atom. The van der Waals surface area contributed by atoms with Gasteiger partial charge in [0.15, 0.2) is 0 Å². The second-order valence-corrected chi connectivity index (χ2v) is 6.25. The third-order valence-electron chi connectivity index (χ3n) is 3.31. The van der Waals surface area contributed by atoms with E-state index >= 15 is 0 Å². The molecule has 6 nitrogen and oxygen atoms in total. The highest BCUT2D eigenvalue weighted by molar-refractivity contribution is 9.10. The summed E-state index contributed by atoms with van der Waals surface area (Å²) in [6.45, 7) is -0.0365. The van der Waals surface area contributed by atoms with Crippen LogP contribution >= 0.6 is 15.9 Å². The van der Waals surface area contributed by atoms with Crippen LogP contribution in [0.5, 0.6) is 0 Å². The van der Waals surface area contributed by atoms with Gasteiger partial charge in [-0.25, -0.2) is 0 Å². The van der Waals surface area contributed by atoms with Crippen molar-refractivity contribution in [2.45, 2.75) is 6.42 Å². The number of rotatable bonds is 7. The zero-order valence-electron chi connectivity index (χ0n) is 13.7. The molecule has 0 fully saturated rings. The smallest absolute Gasteiger partial charge is 0.305 e. The normalized spacial score (nSPS) is 10.9. The zero-order valence-corrected chi connectivity index (χ0v) is 15.3. The third kappa shape index (κ3) is 6.18. The molecular weight excluding hydrogens is 400 g/mol. The van der Waals surface area contributed by atoms with Crippen LogP contribution in [0.3, 0.4) is 0 Å². The minimum absolute atomic E-state index is 0.0299. The van der Waals surface area contributed by atoms with Gasteiger partial charge < -0.3 is 15.7 Å². The Morgan fingerprint density at radius 1 is 1.04 bits per heavy atom. The fourth-order valence-corrected chi connectivity index (χ4v) is 2.50. The van der Waals surface area contributed by atoms with E-state index in [2.05, 4.69) is 26.6 Å². The predicted molar refractivity (Wildman–Crippen MR) is 101 cm³/mol. The molecule has 2 amide bonds. The molecule has 0 radical (unpaired) electrons. The van der Waals surface area contributed by atoms with Crippen LogP contribution < -0.4 is 10.6 Å². The number of hydrogen-bond donors (Lipinski definition) is 3. The van der Waals surface area contributed by atoms with Gasteiger partial charge in [0.1, 0.15) is 5.70 Å². The highest BCUT2D eigenvalue weighted by Crippen LogP contribution is 2.14. The molecule has 0 atom stereocenters. The van der Waals surface area contributed by atoms with Crippen LogP contribution in [0.25, 0.3) is 6.08 Å². The van der Waals surface area contributed by atoms with Gasteiger partial charge >= 0.3 is 5.97 Å². The lowest BCUT2D eigenvalue weighted by Crippen LogP contribution is -2.35. The van der Waals surface area contributed by atoms with Crippen molar-refractivity contribution in [2.24, 2.45) is 0 Å². The minimum Gasteiger partial charge on any atom is -0.481 e. The molecule has 26 heavy (non-hydrogen) atoms. The molecule has 7 heteroatoms.